The summed E-state index contributed by atoms with van der Waals surface area (Å²) in [7, 11) is 1.88. The first kappa shape index (κ1) is 19.3. The van der Waals surface area contributed by atoms with Gasteiger partial charge in [0.15, 0.2) is 5.96 Å². The summed E-state index contributed by atoms with van der Waals surface area (Å²) in [4.78, 5) is 9.42. The van der Waals surface area contributed by atoms with Crippen molar-refractivity contribution in [1.29, 1.82) is 0 Å². The zero-order chi connectivity index (χ0) is 17.5. The van der Waals surface area contributed by atoms with Crippen molar-refractivity contribution in [2.24, 2.45) is 10.9 Å². The molecule has 0 aromatic heterocycles. The summed E-state index contributed by atoms with van der Waals surface area (Å²) in [5.74, 6) is 1.78. The van der Waals surface area contributed by atoms with Gasteiger partial charge in [-0.3, -0.25) is 4.99 Å². The third-order valence-corrected chi connectivity index (χ3v) is 5.44. The number of aryl methyl sites for hydroxylation is 1. The molecule has 0 radical (unpaired) electrons. The molecule has 0 saturated carbocycles. The van der Waals surface area contributed by atoms with E-state index < -0.39 is 0 Å². The maximum absolute atomic E-state index is 4.49. The van der Waals surface area contributed by atoms with Crippen LogP contribution in [0.2, 0.25) is 0 Å². The fourth-order valence-electron chi connectivity index (χ4n) is 3.39. The van der Waals surface area contributed by atoms with Crippen LogP contribution in [0.15, 0.2) is 27.7 Å². The van der Waals surface area contributed by atoms with Crippen LogP contribution in [0.1, 0.15) is 31.4 Å². The molecule has 1 N–H and O–H groups in total. The number of nitrogens with one attached hydrogen (secondary N) is 1. The maximum Gasteiger partial charge on any atom is 0.193 e. The Bertz CT molecular complexity index is 554. The van der Waals surface area contributed by atoms with E-state index in [0.717, 1.165) is 49.1 Å². The highest BCUT2D eigenvalue weighted by atomic mass is 79.9. The van der Waals surface area contributed by atoms with E-state index in [1.165, 1.54) is 24.1 Å². The minimum Gasteiger partial charge on any atom is -0.352 e. The van der Waals surface area contributed by atoms with Crippen molar-refractivity contribution in [2.75, 3.05) is 39.8 Å². The Balaban J connectivity index is 1.88. The Kier molecular flexibility index (Phi) is 7.56. The van der Waals surface area contributed by atoms with Crippen molar-refractivity contribution in [3.63, 3.8) is 0 Å². The number of aliphatic imine (C=N–C) groups is 1. The van der Waals surface area contributed by atoms with Gasteiger partial charge < -0.3 is 15.1 Å². The van der Waals surface area contributed by atoms with Gasteiger partial charge in [0, 0.05) is 37.7 Å². The van der Waals surface area contributed by atoms with Crippen molar-refractivity contribution in [3.05, 3.63) is 33.8 Å². The lowest BCUT2D eigenvalue weighted by Gasteiger charge is -2.24. The average Bonchev–Trinajstić information content (AvgIpc) is 3.03. The number of hydrogen-bond acceptors (Lipinski definition) is 2. The quantitative estimate of drug-likeness (QED) is 0.591. The van der Waals surface area contributed by atoms with Gasteiger partial charge in [0.1, 0.15) is 0 Å². The molecule has 1 aromatic rings. The fraction of sp³-hybridized carbons (Fsp3) is 0.632. The van der Waals surface area contributed by atoms with Crippen LogP contribution < -0.4 is 5.32 Å². The average molecular weight is 395 g/mol. The van der Waals surface area contributed by atoms with Gasteiger partial charge in [-0.2, -0.15) is 0 Å². The zero-order valence-electron chi connectivity index (χ0n) is 15.5. The van der Waals surface area contributed by atoms with E-state index in [4.69, 9.17) is 0 Å². The van der Waals surface area contributed by atoms with Crippen LogP contribution >= 0.6 is 15.9 Å². The topological polar surface area (TPSA) is 30.9 Å². The number of rotatable bonds is 6. The SMILES string of the molecule is CCN(CC)CC1CCN(C(=NC)NCc2ccc(Br)cc2C)C1. The minimum absolute atomic E-state index is 0.748. The van der Waals surface area contributed by atoms with Crippen LogP contribution in [0.4, 0.5) is 0 Å². The van der Waals surface area contributed by atoms with Crippen LogP contribution in [0.5, 0.6) is 0 Å². The van der Waals surface area contributed by atoms with Gasteiger partial charge >= 0.3 is 0 Å². The molecule has 1 fully saturated rings. The zero-order valence-corrected chi connectivity index (χ0v) is 17.1. The van der Waals surface area contributed by atoms with E-state index in [2.05, 4.69) is 75.0 Å². The van der Waals surface area contributed by atoms with Gasteiger partial charge in [-0.05, 0) is 55.6 Å². The Morgan fingerprint density at radius 2 is 2.12 bits per heavy atom. The second-order valence-corrected chi connectivity index (χ2v) is 7.47. The fourth-order valence-corrected chi connectivity index (χ4v) is 3.86. The number of benzene rings is 1. The summed E-state index contributed by atoms with van der Waals surface area (Å²) in [6.07, 6.45) is 1.26. The van der Waals surface area contributed by atoms with Crippen molar-refractivity contribution in [3.8, 4) is 0 Å². The second-order valence-electron chi connectivity index (χ2n) is 6.56. The standard InChI is InChI=1S/C19H31BrN4/c1-5-23(6-2)13-16-9-10-24(14-16)19(21-4)22-12-17-7-8-18(20)11-15(17)3/h7-8,11,16H,5-6,9-10,12-14H2,1-4H3,(H,21,22). The molecule has 1 atom stereocenters. The van der Waals surface area contributed by atoms with E-state index >= 15 is 0 Å². The first-order chi connectivity index (χ1) is 11.6. The smallest absolute Gasteiger partial charge is 0.193 e. The molecule has 5 heteroatoms. The van der Waals surface area contributed by atoms with Crippen LogP contribution in [-0.4, -0.2) is 55.5 Å². The predicted octanol–water partition coefficient (Wildman–Crippen LogP) is 3.50. The number of nitrogens with zero attached hydrogens (tertiary/aromatic N) is 3. The summed E-state index contributed by atoms with van der Waals surface area (Å²) in [6, 6.07) is 6.44. The molecular formula is C19H31BrN4. The van der Waals surface area contributed by atoms with Crippen LogP contribution in [0, 0.1) is 12.8 Å². The van der Waals surface area contributed by atoms with Crippen molar-refractivity contribution < 1.29 is 0 Å². The van der Waals surface area contributed by atoms with Gasteiger partial charge in [0.2, 0.25) is 0 Å². The molecular weight excluding hydrogens is 364 g/mol. The molecule has 24 heavy (non-hydrogen) atoms. The molecule has 0 bridgehead atoms. The number of halogens is 1. The third kappa shape index (κ3) is 5.21. The predicted molar refractivity (Wildman–Crippen MR) is 107 cm³/mol. The highest BCUT2D eigenvalue weighted by Crippen LogP contribution is 2.19. The van der Waals surface area contributed by atoms with Gasteiger partial charge in [0.05, 0.1) is 0 Å². The molecule has 0 aliphatic carbocycles. The van der Waals surface area contributed by atoms with Crippen LogP contribution in [0.3, 0.4) is 0 Å². The second kappa shape index (κ2) is 9.42. The van der Waals surface area contributed by atoms with Crippen molar-refractivity contribution in [1.82, 2.24) is 15.1 Å². The lowest BCUT2D eigenvalue weighted by Crippen LogP contribution is -2.40. The number of likely N-dealkylation sites (tertiary alicyclic amines) is 1. The molecule has 1 unspecified atom stereocenters. The molecule has 1 saturated heterocycles. The number of hydrogen-bond donors (Lipinski definition) is 1. The molecule has 2 rings (SSSR count). The minimum atomic E-state index is 0.748. The lowest BCUT2D eigenvalue weighted by atomic mass is 10.1. The molecule has 0 amide bonds. The highest BCUT2D eigenvalue weighted by Gasteiger charge is 2.25. The Morgan fingerprint density at radius 3 is 2.75 bits per heavy atom. The molecule has 1 aliphatic heterocycles. The summed E-state index contributed by atoms with van der Waals surface area (Å²) < 4.78 is 1.13. The normalized spacial score (nSPS) is 18.5. The summed E-state index contributed by atoms with van der Waals surface area (Å²) >= 11 is 3.53. The van der Waals surface area contributed by atoms with Gasteiger partial charge in [-0.1, -0.05) is 35.8 Å². The molecule has 4 nitrogen and oxygen atoms in total. The summed E-state index contributed by atoms with van der Waals surface area (Å²) in [5, 5.41) is 3.54. The van der Waals surface area contributed by atoms with E-state index in [0.29, 0.717) is 0 Å². The van der Waals surface area contributed by atoms with Crippen LogP contribution in [-0.2, 0) is 6.54 Å². The molecule has 1 aliphatic rings. The number of guanidine groups is 1. The van der Waals surface area contributed by atoms with E-state index in [9.17, 15) is 0 Å². The van der Waals surface area contributed by atoms with Crippen molar-refractivity contribution >= 4 is 21.9 Å². The molecule has 1 aromatic carbocycles. The first-order valence-electron chi connectivity index (χ1n) is 9.00. The lowest BCUT2D eigenvalue weighted by molar-refractivity contribution is 0.255. The van der Waals surface area contributed by atoms with Crippen molar-refractivity contribution in [2.45, 2.75) is 33.7 Å². The van der Waals surface area contributed by atoms with E-state index in [1.807, 2.05) is 7.05 Å². The van der Waals surface area contributed by atoms with E-state index in [1.54, 1.807) is 0 Å². The van der Waals surface area contributed by atoms with E-state index in [-0.39, 0.29) is 0 Å². The Hall–Kier alpha value is -1.07. The summed E-state index contributed by atoms with van der Waals surface area (Å²) in [5.41, 5.74) is 2.62. The van der Waals surface area contributed by atoms with Gasteiger partial charge in [0.25, 0.3) is 0 Å². The highest BCUT2D eigenvalue weighted by molar-refractivity contribution is 9.10. The molecule has 134 valence electrons. The Labute approximate surface area is 155 Å². The third-order valence-electron chi connectivity index (χ3n) is 4.95. The monoisotopic (exact) mass is 394 g/mol. The van der Waals surface area contributed by atoms with Gasteiger partial charge in [-0.25, -0.2) is 0 Å². The summed E-state index contributed by atoms with van der Waals surface area (Å²) in [6.45, 7) is 13.2. The first-order valence-corrected chi connectivity index (χ1v) is 9.79. The maximum atomic E-state index is 4.49. The van der Waals surface area contributed by atoms with Gasteiger partial charge in [-0.15, -0.1) is 0 Å². The largest absolute Gasteiger partial charge is 0.352 e. The Morgan fingerprint density at radius 1 is 1.38 bits per heavy atom. The van der Waals surface area contributed by atoms with Crippen LogP contribution in [0.25, 0.3) is 0 Å². The molecule has 1 heterocycles. The molecule has 0 spiro atoms.